The molecule has 1 saturated carbocycles. The molecule has 5 heteroatoms. The highest BCUT2D eigenvalue weighted by atomic mass is 35.5. The molecule has 0 unspecified atom stereocenters. The molecule has 2 rings (SSSR count). The van der Waals surface area contributed by atoms with Crippen molar-refractivity contribution in [2.75, 3.05) is 19.4 Å². The van der Waals surface area contributed by atoms with E-state index in [-0.39, 0.29) is 5.91 Å². The third-order valence-electron chi connectivity index (χ3n) is 2.95. The van der Waals surface area contributed by atoms with Gasteiger partial charge in [0.25, 0.3) is 5.91 Å². The maximum absolute atomic E-state index is 12.3. The van der Waals surface area contributed by atoms with Crippen molar-refractivity contribution in [3.05, 3.63) is 27.7 Å². The standard InChI is InChI=1S/C12H14Cl2N2O/c1-15-11-9(5-7(13)6-10(11)14)12(17)16(2)8-3-4-8/h5-6,8,15H,3-4H2,1-2H3. The van der Waals surface area contributed by atoms with Crippen LogP contribution in [0.25, 0.3) is 0 Å². The minimum Gasteiger partial charge on any atom is -0.386 e. The average molecular weight is 273 g/mol. The molecule has 1 N–H and O–H groups in total. The number of hydrogen-bond acceptors (Lipinski definition) is 2. The summed E-state index contributed by atoms with van der Waals surface area (Å²) in [5.74, 6) is -0.0405. The number of benzene rings is 1. The van der Waals surface area contributed by atoms with Crippen LogP contribution in [0.3, 0.4) is 0 Å². The van der Waals surface area contributed by atoms with Crippen LogP contribution in [0, 0.1) is 0 Å². The van der Waals surface area contributed by atoms with Gasteiger partial charge in [0.15, 0.2) is 0 Å². The maximum atomic E-state index is 12.3. The predicted octanol–water partition coefficient (Wildman–Crippen LogP) is 3.27. The van der Waals surface area contributed by atoms with Gasteiger partial charge >= 0.3 is 0 Å². The van der Waals surface area contributed by atoms with Crippen LogP contribution in [0.15, 0.2) is 12.1 Å². The summed E-state index contributed by atoms with van der Waals surface area (Å²) in [5.41, 5.74) is 1.16. The molecule has 17 heavy (non-hydrogen) atoms. The number of anilines is 1. The molecule has 0 aliphatic heterocycles. The second-order valence-corrected chi connectivity index (χ2v) is 5.05. The fraction of sp³-hybridized carbons (Fsp3) is 0.417. The van der Waals surface area contributed by atoms with Crippen molar-refractivity contribution in [1.82, 2.24) is 4.90 Å². The van der Waals surface area contributed by atoms with Crippen LogP contribution in [0.2, 0.25) is 10.0 Å². The minimum absolute atomic E-state index is 0.0405. The lowest BCUT2D eigenvalue weighted by Gasteiger charge is -2.19. The molecule has 0 aromatic heterocycles. The van der Waals surface area contributed by atoms with Crippen LogP contribution >= 0.6 is 23.2 Å². The maximum Gasteiger partial charge on any atom is 0.256 e. The van der Waals surface area contributed by atoms with Gasteiger partial charge in [-0.15, -0.1) is 0 Å². The Morgan fingerprint density at radius 1 is 1.41 bits per heavy atom. The van der Waals surface area contributed by atoms with Gasteiger partial charge in [-0.3, -0.25) is 4.79 Å². The molecular formula is C12H14Cl2N2O. The summed E-state index contributed by atoms with van der Waals surface area (Å²) < 4.78 is 0. The highest BCUT2D eigenvalue weighted by molar-refractivity contribution is 6.37. The molecule has 0 saturated heterocycles. The molecule has 1 amide bonds. The molecule has 0 spiro atoms. The minimum atomic E-state index is -0.0405. The lowest BCUT2D eigenvalue weighted by Crippen LogP contribution is -2.29. The molecule has 1 aromatic rings. The van der Waals surface area contributed by atoms with Crippen molar-refractivity contribution in [1.29, 1.82) is 0 Å². The number of amides is 1. The first kappa shape index (κ1) is 12.5. The highest BCUT2D eigenvalue weighted by Gasteiger charge is 2.31. The summed E-state index contributed by atoms with van der Waals surface area (Å²) in [6.07, 6.45) is 2.15. The molecule has 0 atom stereocenters. The molecular weight excluding hydrogens is 259 g/mol. The largest absolute Gasteiger partial charge is 0.386 e. The Morgan fingerprint density at radius 3 is 2.59 bits per heavy atom. The van der Waals surface area contributed by atoms with E-state index in [1.165, 1.54) is 0 Å². The van der Waals surface area contributed by atoms with E-state index in [2.05, 4.69) is 5.32 Å². The Labute approximate surface area is 111 Å². The molecule has 1 fully saturated rings. The van der Waals surface area contributed by atoms with Crippen molar-refractivity contribution in [3.63, 3.8) is 0 Å². The fourth-order valence-electron chi connectivity index (χ4n) is 1.81. The van der Waals surface area contributed by atoms with Crippen LogP contribution in [0.1, 0.15) is 23.2 Å². The molecule has 1 aliphatic rings. The first-order chi connectivity index (χ1) is 8.04. The van der Waals surface area contributed by atoms with E-state index in [0.29, 0.717) is 27.3 Å². The van der Waals surface area contributed by atoms with Crippen LogP contribution in [-0.4, -0.2) is 30.9 Å². The monoisotopic (exact) mass is 272 g/mol. The lowest BCUT2D eigenvalue weighted by atomic mass is 10.1. The van der Waals surface area contributed by atoms with Crippen LogP contribution in [0.5, 0.6) is 0 Å². The molecule has 1 aliphatic carbocycles. The average Bonchev–Trinajstić information content (AvgIpc) is 3.10. The quantitative estimate of drug-likeness (QED) is 0.916. The number of carbonyl (C=O) groups is 1. The first-order valence-corrected chi connectivity index (χ1v) is 6.24. The highest BCUT2D eigenvalue weighted by Crippen LogP contribution is 2.33. The van der Waals surface area contributed by atoms with E-state index in [1.54, 1.807) is 24.1 Å². The zero-order chi connectivity index (χ0) is 12.6. The third-order valence-corrected chi connectivity index (χ3v) is 3.47. The van der Waals surface area contributed by atoms with Gasteiger partial charge in [-0.2, -0.15) is 0 Å². The smallest absolute Gasteiger partial charge is 0.256 e. The van der Waals surface area contributed by atoms with Crippen molar-refractivity contribution in [2.24, 2.45) is 0 Å². The van der Waals surface area contributed by atoms with Gasteiger partial charge < -0.3 is 10.2 Å². The van der Waals surface area contributed by atoms with E-state index >= 15 is 0 Å². The number of nitrogens with zero attached hydrogens (tertiary/aromatic N) is 1. The summed E-state index contributed by atoms with van der Waals surface area (Å²) in [6.45, 7) is 0. The van der Waals surface area contributed by atoms with E-state index in [1.807, 2.05) is 7.05 Å². The number of halogens is 2. The van der Waals surface area contributed by atoms with Crippen LogP contribution in [-0.2, 0) is 0 Å². The number of hydrogen-bond donors (Lipinski definition) is 1. The predicted molar refractivity (Wildman–Crippen MR) is 71.1 cm³/mol. The van der Waals surface area contributed by atoms with Crippen molar-refractivity contribution < 1.29 is 4.79 Å². The molecule has 92 valence electrons. The van der Waals surface area contributed by atoms with Gasteiger partial charge in [0.05, 0.1) is 16.3 Å². The zero-order valence-corrected chi connectivity index (χ0v) is 11.3. The molecule has 0 bridgehead atoms. The molecule has 0 heterocycles. The number of carbonyl (C=O) groups excluding carboxylic acids is 1. The Balaban J connectivity index is 2.38. The van der Waals surface area contributed by atoms with Crippen molar-refractivity contribution in [2.45, 2.75) is 18.9 Å². The summed E-state index contributed by atoms with van der Waals surface area (Å²) in [4.78, 5) is 14.0. The van der Waals surface area contributed by atoms with Gasteiger partial charge in [-0.1, -0.05) is 23.2 Å². The van der Waals surface area contributed by atoms with E-state index in [9.17, 15) is 4.79 Å². The molecule has 1 aromatic carbocycles. The van der Waals surface area contributed by atoms with Gasteiger partial charge in [0.1, 0.15) is 0 Å². The van der Waals surface area contributed by atoms with Crippen LogP contribution < -0.4 is 5.32 Å². The summed E-state index contributed by atoms with van der Waals surface area (Å²) >= 11 is 12.0. The number of nitrogens with one attached hydrogen (secondary N) is 1. The fourth-order valence-corrected chi connectivity index (χ4v) is 2.40. The second-order valence-electron chi connectivity index (χ2n) is 4.21. The Hall–Kier alpha value is -0.930. The van der Waals surface area contributed by atoms with Gasteiger partial charge in [-0.05, 0) is 25.0 Å². The van der Waals surface area contributed by atoms with Crippen molar-refractivity contribution >= 4 is 34.8 Å². The first-order valence-electron chi connectivity index (χ1n) is 5.48. The normalized spacial score (nSPS) is 14.6. The number of rotatable bonds is 3. The second kappa shape index (κ2) is 4.75. The Morgan fingerprint density at radius 2 is 2.06 bits per heavy atom. The molecule has 0 radical (unpaired) electrons. The SMILES string of the molecule is CNc1c(Cl)cc(Cl)cc1C(=O)N(C)C1CC1. The zero-order valence-electron chi connectivity index (χ0n) is 9.76. The van der Waals surface area contributed by atoms with Gasteiger partial charge in [0.2, 0.25) is 0 Å². The summed E-state index contributed by atoms with van der Waals surface area (Å²) in [5, 5.41) is 3.89. The van der Waals surface area contributed by atoms with Gasteiger partial charge in [0, 0.05) is 25.2 Å². The van der Waals surface area contributed by atoms with Crippen LogP contribution in [0.4, 0.5) is 5.69 Å². The molecule has 3 nitrogen and oxygen atoms in total. The topological polar surface area (TPSA) is 32.3 Å². The third kappa shape index (κ3) is 2.50. The summed E-state index contributed by atoms with van der Waals surface area (Å²) in [7, 11) is 3.55. The summed E-state index contributed by atoms with van der Waals surface area (Å²) in [6, 6.07) is 3.65. The van der Waals surface area contributed by atoms with E-state index in [4.69, 9.17) is 23.2 Å². The van der Waals surface area contributed by atoms with Crippen molar-refractivity contribution in [3.8, 4) is 0 Å². The van der Waals surface area contributed by atoms with Gasteiger partial charge in [-0.25, -0.2) is 0 Å². The lowest BCUT2D eigenvalue weighted by molar-refractivity contribution is 0.0786. The van der Waals surface area contributed by atoms with E-state index < -0.39 is 0 Å². The Kier molecular flexibility index (Phi) is 3.50. The Bertz CT molecular complexity index is 458. The van der Waals surface area contributed by atoms with E-state index in [0.717, 1.165) is 12.8 Å².